The van der Waals surface area contributed by atoms with Crippen molar-refractivity contribution < 1.29 is 50.1 Å². The maximum atomic E-state index is 12.9. The summed E-state index contributed by atoms with van der Waals surface area (Å²) in [7, 11) is 0. The second kappa shape index (κ2) is 10.1. The van der Waals surface area contributed by atoms with Gasteiger partial charge in [-0.15, -0.1) is 26.3 Å². The quantitative estimate of drug-likeness (QED) is 0.112. The first kappa shape index (κ1) is 26.6. The second-order valence-electron chi connectivity index (χ2n) is 7.81. The van der Waals surface area contributed by atoms with Crippen molar-refractivity contribution in [1.82, 2.24) is 4.57 Å². The van der Waals surface area contributed by atoms with E-state index in [1.165, 1.54) is 42.0 Å². The van der Waals surface area contributed by atoms with Crippen LogP contribution in [0.5, 0.6) is 11.5 Å². The highest BCUT2D eigenvalue weighted by atomic mass is 19.4. The number of esters is 1. The lowest BCUT2D eigenvalue weighted by Crippen LogP contribution is -2.17. The Bertz CT molecular complexity index is 1470. The summed E-state index contributed by atoms with van der Waals surface area (Å²) in [4.78, 5) is 25.1. The molecular formula is C26H17F6NO5. The third-order valence-corrected chi connectivity index (χ3v) is 5.28. The van der Waals surface area contributed by atoms with Gasteiger partial charge in [0.25, 0.3) is 5.78 Å². The van der Waals surface area contributed by atoms with E-state index in [0.29, 0.717) is 27.7 Å². The highest BCUT2D eigenvalue weighted by Gasteiger charge is 2.32. The van der Waals surface area contributed by atoms with Gasteiger partial charge in [0, 0.05) is 17.3 Å². The summed E-state index contributed by atoms with van der Waals surface area (Å²) in [5.74, 6) is -2.90. The fraction of sp³-hybridized carbons (Fsp3) is 0.154. The smallest absolute Gasteiger partial charge is 0.460 e. The number of ketones is 1. The van der Waals surface area contributed by atoms with E-state index in [1.54, 1.807) is 18.2 Å². The number of Topliss-reactive ketones (excluding diaryl/α,β-unsaturated/α-hetero) is 1. The van der Waals surface area contributed by atoms with Crippen molar-refractivity contribution >= 4 is 22.7 Å². The summed E-state index contributed by atoms with van der Waals surface area (Å²) in [6.45, 7) is 1.49. The Labute approximate surface area is 210 Å². The van der Waals surface area contributed by atoms with E-state index >= 15 is 0 Å². The number of halogens is 6. The number of rotatable bonds is 7. The molecule has 4 rings (SSSR count). The second-order valence-corrected chi connectivity index (χ2v) is 7.81. The molecule has 0 bridgehead atoms. The molecular weight excluding hydrogens is 520 g/mol. The van der Waals surface area contributed by atoms with E-state index < -0.39 is 36.0 Å². The molecule has 3 aromatic carbocycles. The molecule has 1 aromatic heterocycles. The minimum Gasteiger partial charge on any atom is -0.460 e. The third kappa shape index (κ3) is 6.07. The van der Waals surface area contributed by atoms with Crippen LogP contribution in [-0.4, -0.2) is 35.7 Å². The Balaban J connectivity index is 1.77. The molecule has 0 spiro atoms. The minimum atomic E-state index is -4.87. The van der Waals surface area contributed by atoms with Crippen LogP contribution in [0.3, 0.4) is 0 Å². The number of nitrogens with zero attached hydrogens (tertiary/aromatic N) is 1. The zero-order chi connectivity index (χ0) is 27.7. The van der Waals surface area contributed by atoms with E-state index in [1.807, 2.05) is 0 Å². The normalized spacial score (nSPS) is 11.9. The predicted molar refractivity (Wildman–Crippen MR) is 123 cm³/mol. The highest BCUT2D eigenvalue weighted by molar-refractivity contribution is 6.43. The van der Waals surface area contributed by atoms with E-state index in [-0.39, 0.29) is 12.2 Å². The summed E-state index contributed by atoms with van der Waals surface area (Å²) in [6, 6.07) is 14.7. The molecule has 0 unspecified atom stereocenters. The molecule has 0 aliphatic carbocycles. The van der Waals surface area contributed by atoms with Crippen LogP contribution in [0, 0.1) is 0 Å². The van der Waals surface area contributed by atoms with Crippen molar-refractivity contribution in [2.45, 2.75) is 19.6 Å². The van der Waals surface area contributed by atoms with Crippen molar-refractivity contribution in [1.29, 1.82) is 0 Å². The van der Waals surface area contributed by atoms with Gasteiger partial charge in [-0.2, -0.15) is 0 Å². The Morgan fingerprint density at radius 3 is 1.82 bits per heavy atom. The first-order valence-electron chi connectivity index (χ1n) is 10.9. The van der Waals surface area contributed by atoms with Crippen LogP contribution >= 0.6 is 0 Å². The summed E-state index contributed by atoms with van der Waals surface area (Å²) < 4.78 is 89.0. The van der Waals surface area contributed by atoms with Crippen molar-refractivity contribution in [2.24, 2.45) is 0 Å². The number of ether oxygens (including phenoxy) is 3. The first-order chi connectivity index (χ1) is 17.8. The van der Waals surface area contributed by atoms with Crippen LogP contribution in [0.15, 0.2) is 72.9 Å². The molecule has 0 saturated carbocycles. The van der Waals surface area contributed by atoms with Gasteiger partial charge in [0.1, 0.15) is 11.5 Å². The fourth-order valence-corrected chi connectivity index (χ4v) is 3.77. The number of fused-ring (bicyclic) bond motifs is 1. The summed E-state index contributed by atoms with van der Waals surface area (Å²) in [6.07, 6.45) is -8.36. The van der Waals surface area contributed by atoms with E-state index in [2.05, 4.69) is 9.47 Å². The number of hydrogen-bond acceptors (Lipinski definition) is 5. The molecule has 0 radical (unpaired) electrons. The lowest BCUT2D eigenvalue weighted by atomic mass is 10.0. The standard InChI is InChI=1S/C26H17F6NO5/c1-2-36-24(35)23(34)21-14-33(17-6-10-19(11-7-17)38-26(30,31)32)22-12-5-16(13-20(21)22)15-3-8-18(9-4-15)37-25(27,28)29/h3-14H,2H2,1H3. The van der Waals surface area contributed by atoms with Gasteiger partial charge in [-0.25, -0.2) is 4.79 Å². The number of hydrogen-bond donors (Lipinski definition) is 0. The molecule has 0 aliphatic rings. The Morgan fingerprint density at radius 1 is 0.763 bits per heavy atom. The average molecular weight is 537 g/mol. The van der Waals surface area contributed by atoms with Gasteiger partial charge in [-0.1, -0.05) is 18.2 Å². The summed E-state index contributed by atoms with van der Waals surface area (Å²) >= 11 is 0. The van der Waals surface area contributed by atoms with Gasteiger partial charge in [-0.05, 0) is 66.6 Å². The summed E-state index contributed by atoms with van der Waals surface area (Å²) in [5, 5.41) is 0.312. The largest absolute Gasteiger partial charge is 0.573 e. The van der Waals surface area contributed by atoms with Gasteiger partial charge in [0.05, 0.1) is 17.7 Å². The Morgan fingerprint density at radius 2 is 1.29 bits per heavy atom. The number of carbonyl (C=O) groups excluding carboxylic acids is 2. The third-order valence-electron chi connectivity index (χ3n) is 5.28. The van der Waals surface area contributed by atoms with Crippen LogP contribution in [0.2, 0.25) is 0 Å². The maximum absolute atomic E-state index is 12.9. The SMILES string of the molecule is CCOC(=O)C(=O)c1cn(-c2ccc(OC(F)(F)F)cc2)c2ccc(-c3ccc(OC(F)(F)F)cc3)cc12. The fourth-order valence-electron chi connectivity index (χ4n) is 3.77. The lowest BCUT2D eigenvalue weighted by molar-refractivity contribution is -0.275. The number of aromatic nitrogens is 1. The molecule has 12 heteroatoms. The molecule has 0 fully saturated rings. The van der Waals surface area contributed by atoms with Crippen LogP contribution in [-0.2, 0) is 9.53 Å². The molecule has 0 saturated heterocycles. The van der Waals surface area contributed by atoms with E-state index in [0.717, 1.165) is 24.3 Å². The van der Waals surface area contributed by atoms with Crippen LogP contribution in [0.1, 0.15) is 17.3 Å². The topological polar surface area (TPSA) is 66.8 Å². The van der Waals surface area contributed by atoms with Gasteiger partial charge < -0.3 is 18.8 Å². The van der Waals surface area contributed by atoms with Crippen molar-refractivity contribution in [3.63, 3.8) is 0 Å². The molecule has 1 heterocycles. The molecule has 4 aromatic rings. The van der Waals surface area contributed by atoms with Gasteiger partial charge >= 0.3 is 18.7 Å². The molecule has 198 valence electrons. The van der Waals surface area contributed by atoms with E-state index in [4.69, 9.17) is 4.74 Å². The maximum Gasteiger partial charge on any atom is 0.573 e. The minimum absolute atomic E-state index is 0.0343. The Hall–Kier alpha value is -4.48. The van der Waals surface area contributed by atoms with Crippen molar-refractivity contribution in [3.8, 4) is 28.3 Å². The zero-order valence-corrected chi connectivity index (χ0v) is 19.4. The van der Waals surface area contributed by atoms with E-state index in [9.17, 15) is 35.9 Å². The predicted octanol–water partition coefficient (Wildman–Crippen LogP) is 6.84. The first-order valence-corrected chi connectivity index (χ1v) is 10.9. The Kier molecular flexibility index (Phi) is 7.07. The van der Waals surface area contributed by atoms with Crippen molar-refractivity contribution in [2.75, 3.05) is 6.61 Å². The lowest BCUT2D eigenvalue weighted by Gasteiger charge is -2.11. The zero-order valence-electron chi connectivity index (χ0n) is 19.4. The van der Waals surface area contributed by atoms with Gasteiger partial charge in [0.2, 0.25) is 0 Å². The number of carbonyl (C=O) groups is 2. The molecule has 0 N–H and O–H groups in total. The molecule has 38 heavy (non-hydrogen) atoms. The highest BCUT2D eigenvalue weighted by Crippen LogP contribution is 2.33. The number of alkyl halides is 6. The molecule has 0 amide bonds. The van der Waals surface area contributed by atoms with Crippen molar-refractivity contribution in [3.05, 3.63) is 78.5 Å². The van der Waals surface area contributed by atoms with Gasteiger partial charge in [-0.3, -0.25) is 4.79 Å². The molecule has 6 nitrogen and oxygen atoms in total. The van der Waals surface area contributed by atoms with Gasteiger partial charge in [0.15, 0.2) is 0 Å². The van der Waals surface area contributed by atoms with Crippen LogP contribution < -0.4 is 9.47 Å². The molecule has 0 aliphatic heterocycles. The number of benzene rings is 3. The average Bonchev–Trinajstić information content (AvgIpc) is 3.21. The summed E-state index contributed by atoms with van der Waals surface area (Å²) in [5.41, 5.74) is 1.78. The van der Waals surface area contributed by atoms with Crippen LogP contribution in [0.25, 0.3) is 27.7 Å². The van der Waals surface area contributed by atoms with Crippen LogP contribution in [0.4, 0.5) is 26.3 Å². The molecule has 0 atom stereocenters. The monoisotopic (exact) mass is 537 g/mol.